The normalized spacial score (nSPS) is 20.3. The van der Waals surface area contributed by atoms with Gasteiger partial charge < -0.3 is 10.2 Å². The summed E-state index contributed by atoms with van der Waals surface area (Å²) in [6.07, 6.45) is 0.753. The van der Waals surface area contributed by atoms with Gasteiger partial charge in [-0.05, 0) is 25.1 Å². The molecule has 4 nitrogen and oxygen atoms in total. The quantitative estimate of drug-likeness (QED) is 0.837. The molecule has 7 heteroatoms. The van der Waals surface area contributed by atoms with Gasteiger partial charge in [0.1, 0.15) is 0 Å². The Morgan fingerprint density at radius 2 is 2.16 bits per heavy atom. The Hall–Kier alpha value is -0.140. The Morgan fingerprint density at radius 1 is 1.32 bits per heavy atom. The van der Waals surface area contributed by atoms with Gasteiger partial charge in [0.2, 0.25) is 0 Å². The van der Waals surface area contributed by atoms with Gasteiger partial charge in [-0.2, -0.15) is 0 Å². The van der Waals surface area contributed by atoms with Crippen LogP contribution in [-0.2, 0) is 16.4 Å². The second-order valence-corrected chi connectivity index (χ2v) is 8.83. The van der Waals surface area contributed by atoms with Gasteiger partial charge in [0.25, 0.3) is 0 Å². The minimum atomic E-state index is -2.80. The average molecular weight is 323 g/mol. The maximum Gasteiger partial charge on any atom is 0.151 e. The molecule has 0 bridgehead atoms. The standard InChI is InChI=1S/C12H19ClN2O2S2/c13-12-3-2-11(18-12)10-14-4-6-15-5-1-8-19(16,17)9-7-15/h2-3,14H,1,4-10H2. The van der Waals surface area contributed by atoms with Crippen LogP contribution in [0.1, 0.15) is 11.3 Å². The van der Waals surface area contributed by atoms with Gasteiger partial charge in [-0.25, -0.2) is 8.42 Å². The first-order chi connectivity index (χ1) is 9.05. The van der Waals surface area contributed by atoms with Crippen LogP contribution in [0.5, 0.6) is 0 Å². The van der Waals surface area contributed by atoms with Crippen LogP contribution in [0.3, 0.4) is 0 Å². The SMILES string of the molecule is O=S1(=O)CCCN(CCNCc2ccc(Cl)s2)CC1. The van der Waals surface area contributed by atoms with Crippen molar-refractivity contribution in [1.29, 1.82) is 0 Å². The van der Waals surface area contributed by atoms with E-state index in [4.69, 9.17) is 11.6 Å². The zero-order valence-electron chi connectivity index (χ0n) is 10.8. The number of sulfone groups is 1. The fraction of sp³-hybridized carbons (Fsp3) is 0.667. The van der Waals surface area contributed by atoms with E-state index >= 15 is 0 Å². The Kier molecular flexibility index (Phi) is 5.65. The van der Waals surface area contributed by atoms with E-state index in [0.717, 1.165) is 36.9 Å². The third kappa shape index (κ3) is 5.39. The number of rotatable bonds is 5. The summed E-state index contributed by atoms with van der Waals surface area (Å²) in [6.45, 7) is 4.13. The lowest BCUT2D eigenvalue weighted by Crippen LogP contribution is -2.34. The number of halogens is 1. The fourth-order valence-electron chi connectivity index (χ4n) is 2.11. The maximum atomic E-state index is 11.5. The van der Waals surface area contributed by atoms with Crippen LogP contribution < -0.4 is 5.32 Å². The van der Waals surface area contributed by atoms with Crippen molar-refractivity contribution < 1.29 is 8.42 Å². The number of hydrogen-bond donors (Lipinski definition) is 1. The summed E-state index contributed by atoms with van der Waals surface area (Å²) in [7, 11) is -2.80. The Balaban J connectivity index is 1.65. The monoisotopic (exact) mass is 322 g/mol. The molecule has 1 fully saturated rings. The number of nitrogens with zero attached hydrogens (tertiary/aromatic N) is 1. The lowest BCUT2D eigenvalue weighted by atomic mass is 10.4. The van der Waals surface area contributed by atoms with Crippen LogP contribution in [0.15, 0.2) is 12.1 Å². The molecule has 108 valence electrons. The van der Waals surface area contributed by atoms with E-state index in [1.54, 1.807) is 11.3 Å². The van der Waals surface area contributed by atoms with Gasteiger partial charge >= 0.3 is 0 Å². The highest BCUT2D eigenvalue weighted by Gasteiger charge is 2.18. The molecular formula is C12H19ClN2O2S2. The minimum absolute atomic E-state index is 0.299. The van der Waals surface area contributed by atoms with E-state index in [9.17, 15) is 8.42 Å². The van der Waals surface area contributed by atoms with Crippen molar-refractivity contribution in [2.45, 2.75) is 13.0 Å². The highest BCUT2D eigenvalue weighted by molar-refractivity contribution is 7.91. The molecule has 1 saturated heterocycles. The topological polar surface area (TPSA) is 49.4 Å². The zero-order chi connectivity index (χ0) is 13.7. The molecular weight excluding hydrogens is 304 g/mol. The molecule has 0 saturated carbocycles. The number of thiophene rings is 1. The molecule has 2 rings (SSSR count). The van der Waals surface area contributed by atoms with E-state index in [0.29, 0.717) is 18.1 Å². The third-order valence-electron chi connectivity index (χ3n) is 3.18. The molecule has 0 aliphatic carbocycles. The van der Waals surface area contributed by atoms with Crippen LogP contribution in [0.25, 0.3) is 0 Å². The molecule has 1 aromatic heterocycles. The zero-order valence-corrected chi connectivity index (χ0v) is 13.2. The molecule has 19 heavy (non-hydrogen) atoms. The Labute approximate surface area is 123 Å². The van der Waals surface area contributed by atoms with Crippen molar-refractivity contribution in [3.63, 3.8) is 0 Å². The molecule has 0 aromatic carbocycles. The Bertz CT molecular complexity index is 502. The molecule has 2 heterocycles. The second-order valence-electron chi connectivity index (χ2n) is 4.73. The summed E-state index contributed by atoms with van der Waals surface area (Å²) in [6, 6.07) is 3.93. The molecule has 0 amide bonds. The predicted octanol–water partition coefficient (Wildman–Crippen LogP) is 1.61. The van der Waals surface area contributed by atoms with E-state index < -0.39 is 9.84 Å². The summed E-state index contributed by atoms with van der Waals surface area (Å²) in [5.41, 5.74) is 0. The largest absolute Gasteiger partial charge is 0.311 e. The number of hydrogen-bond acceptors (Lipinski definition) is 5. The van der Waals surface area contributed by atoms with E-state index in [-0.39, 0.29) is 0 Å². The van der Waals surface area contributed by atoms with Gasteiger partial charge in [-0.3, -0.25) is 0 Å². The van der Waals surface area contributed by atoms with Crippen molar-refractivity contribution in [1.82, 2.24) is 10.2 Å². The summed E-state index contributed by atoms with van der Waals surface area (Å²) in [5.74, 6) is 0.637. The van der Waals surface area contributed by atoms with Gasteiger partial charge in [0, 0.05) is 31.1 Å². The van der Waals surface area contributed by atoms with E-state index in [2.05, 4.69) is 10.2 Å². The molecule has 0 radical (unpaired) electrons. The fourth-order valence-corrected chi connectivity index (χ4v) is 4.48. The number of nitrogens with one attached hydrogen (secondary N) is 1. The van der Waals surface area contributed by atoms with Gasteiger partial charge in [0.15, 0.2) is 9.84 Å². The first kappa shape index (κ1) is 15.3. The molecule has 1 N–H and O–H groups in total. The molecule has 1 aromatic rings. The van der Waals surface area contributed by atoms with Crippen molar-refractivity contribution >= 4 is 32.8 Å². The van der Waals surface area contributed by atoms with Crippen molar-refractivity contribution in [3.05, 3.63) is 21.3 Å². The molecule has 0 atom stereocenters. The highest BCUT2D eigenvalue weighted by Crippen LogP contribution is 2.20. The van der Waals surface area contributed by atoms with Crippen LogP contribution in [0.2, 0.25) is 4.34 Å². The average Bonchev–Trinajstić information content (AvgIpc) is 2.68. The third-order valence-corrected chi connectivity index (χ3v) is 6.13. The minimum Gasteiger partial charge on any atom is -0.311 e. The van der Waals surface area contributed by atoms with E-state index in [1.165, 1.54) is 4.88 Å². The highest BCUT2D eigenvalue weighted by atomic mass is 35.5. The van der Waals surface area contributed by atoms with Crippen LogP contribution in [-0.4, -0.2) is 51.0 Å². The summed E-state index contributed by atoms with van der Waals surface area (Å²) in [5, 5.41) is 3.36. The van der Waals surface area contributed by atoms with Gasteiger partial charge in [0.05, 0.1) is 15.8 Å². The van der Waals surface area contributed by atoms with Gasteiger partial charge in [-0.15, -0.1) is 11.3 Å². The first-order valence-corrected chi connectivity index (χ1v) is 9.44. The predicted molar refractivity (Wildman–Crippen MR) is 80.7 cm³/mol. The summed E-state index contributed by atoms with van der Waals surface area (Å²) in [4.78, 5) is 3.45. The van der Waals surface area contributed by atoms with Gasteiger partial charge in [-0.1, -0.05) is 11.6 Å². The second kappa shape index (κ2) is 7.04. The smallest absolute Gasteiger partial charge is 0.151 e. The lowest BCUT2D eigenvalue weighted by molar-refractivity contribution is 0.294. The summed E-state index contributed by atoms with van der Waals surface area (Å²) < 4.78 is 23.8. The Morgan fingerprint density at radius 3 is 2.89 bits per heavy atom. The molecule has 0 unspecified atom stereocenters. The molecule has 1 aliphatic rings. The van der Waals surface area contributed by atoms with Crippen LogP contribution in [0.4, 0.5) is 0 Å². The maximum absolute atomic E-state index is 11.5. The summed E-state index contributed by atoms with van der Waals surface area (Å²) >= 11 is 7.45. The molecule has 0 spiro atoms. The first-order valence-electron chi connectivity index (χ1n) is 6.43. The molecule has 1 aliphatic heterocycles. The van der Waals surface area contributed by atoms with E-state index in [1.807, 2.05) is 12.1 Å². The van der Waals surface area contributed by atoms with Crippen molar-refractivity contribution in [3.8, 4) is 0 Å². The lowest BCUT2D eigenvalue weighted by Gasteiger charge is -2.19. The van der Waals surface area contributed by atoms with Crippen LogP contribution in [0, 0.1) is 0 Å². The van der Waals surface area contributed by atoms with Crippen molar-refractivity contribution in [2.75, 3.05) is 37.7 Å². The van der Waals surface area contributed by atoms with Crippen molar-refractivity contribution in [2.24, 2.45) is 0 Å². The van der Waals surface area contributed by atoms with Crippen LogP contribution >= 0.6 is 22.9 Å².